The van der Waals surface area contributed by atoms with Crippen LogP contribution in [-0.2, 0) is 9.53 Å². The standard InChI is InChI=1S/C20H34N2O3/c1-13-7-5-8-14-11-16-17(18(23)20(13,14)2)15(19(24)25-16)12-21-9-6-10-22(3)4/h8,13,15-18,21,23H,5-7,9-12H2,1-4H3/p+2/t13-,15+,16-,17-,18+,20-/m1/s1. The van der Waals surface area contributed by atoms with Gasteiger partial charge in [0.1, 0.15) is 12.0 Å². The van der Waals surface area contributed by atoms with Gasteiger partial charge in [0.05, 0.1) is 39.8 Å². The van der Waals surface area contributed by atoms with E-state index < -0.39 is 6.10 Å². The number of hydrogen-bond acceptors (Lipinski definition) is 3. The number of aliphatic hydroxyl groups excluding tert-OH is 1. The lowest BCUT2D eigenvalue weighted by atomic mass is 9.55. The van der Waals surface area contributed by atoms with Crippen molar-refractivity contribution < 1.29 is 24.9 Å². The van der Waals surface area contributed by atoms with E-state index in [1.807, 2.05) is 0 Å². The fraction of sp³-hybridized carbons (Fsp3) is 0.850. The first-order chi connectivity index (χ1) is 11.9. The van der Waals surface area contributed by atoms with Gasteiger partial charge in [-0.1, -0.05) is 25.5 Å². The van der Waals surface area contributed by atoms with Crippen LogP contribution in [0.2, 0.25) is 0 Å². The summed E-state index contributed by atoms with van der Waals surface area (Å²) in [5.74, 6) is 0.135. The average molecular weight is 353 g/mol. The Labute approximate surface area is 151 Å². The first-order valence-corrected chi connectivity index (χ1v) is 10.0. The maximum absolute atomic E-state index is 12.5. The number of carbonyl (C=O) groups excluding carboxylic acids is 1. The van der Waals surface area contributed by atoms with E-state index in [9.17, 15) is 9.90 Å². The molecular weight excluding hydrogens is 316 g/mol. The number of allylic oxidation sites excluding steroid dienone is 1. The van der Waals surface area contributed by atoms with Crippen molar-refractivity contribution in [2.45, 2.75) is 51.7 Å². The van der Waals surface area contributed by atoms with E-state index in [0.29, 0.717) is 5.92 Å². The van der Waals surface area contributed by atoms with Gasteiger partial charge in [-0.05, 0) is 18.8 Å². The summed E-state index contributed by atoms with van der Waals surface area (Å²) in [6, 6.07) is 0. The number of ether oxygens (including phenoxy) is 1. The van der Waals surface area contributed by atoms with Gasteiger partial charge in [0, 0.05) is 24.2 Å². The van der Waals surface area contributed by atoms with Crippen molar-refractivity contribution in [3.05, 3.63) is 11.6 Å². The van der Waals surface area contributed by atoms with Crippen molar-refractivity contribution in [1.82, 2.24) is 0 Å². The molecule has 2 fully saturated rings. The summed E-state index contributed by atoms with van der Waals surface area (Å²) in [7, 11) is 4.32. The Hall–Kier alpha value is -0.910. The molecule has 0 aromatic carbocycles. The zero-order chi connectivity index (χ0) is 18.2. The zero-order valence-electron chi connectivity index (χ0n) is 16.3. The van der Waals surface area contributed by atoms with E-state index in [1.165, 1.54) is 10.5 Å². The molecule has 1 saturated carbocycles. The van der Waals surface area contributed by atoms with Crippen molar-refractivity contribution in [3.63, 3.8) is 0 Å². The Morgan fingerprint density at radius 2 is 2.20 bits per heavy atom. The third-order valence-electron chi connectivity index (χ3n) is 7.08. The maximum atomic E-state index is 12.5. The molecular formula is C20H36N2O3+2. The SMILES string of the molecule is C[C@@H]1CCC=C2C[C@H]3OC(=O)[C@@H](C[NH2+]CCC[NH+](C)C)[C@H]3[C@H](O)[C@@]21C. The largest absolute Gasteiger partial charge is 0.461 e. The van der Waals surface area contributed by atoms with Crippen LogP contribution in [0.15, 0.2) is 11.6 Å². The molecule has 1 saturated heterocycles. The molecule has 0 unspecified atom stereocenters. The molecule has 0 aromatic heterocycles. The molecule has 25 heavy (non-hydrogen) atoms. The molecule has 0 amide bonds. The van der Waals surface area contributed by atoms with Gasteiger partial charge < -0.3 is 20.1 Å². The van der Waals surface area contributed by atoms with E-state index in [4.69, 9.17) is 4.74 Å². The zero-order valence-corrected chi connectivity index (χ0v) is 16.3. The first kappa shape index (κ1) is 18.9. The summed E-state index contributed by atoms with van der Waals surface area (Å²) in [4.78, 5) is 13.9. The van der Waals surface area contributed by atoms with Crippen molar-refractivity contribution in [2.75, 3.05) is 33.7 Å². The Morgan fingerprint density at radius 1 is 1.44 bits per heavy atom. The summed E-state index contributed by atoms with van der Waals surface area (Å²) in [6.07, 6.45) is 5.83. The van der Waals surface area contributed by atoms with Gasteiger partial charge in [0.15, 0.2) is 0 Å². The van der Waals surface area contributed by atoms with Crippen LogP contribution in [0.25, 0.3) is 0 Å². The fourth-order valence-corrected chi connectivity index (χ4v) is 5.23. The van der Waals surface area contributed by atoms with Crippen LogP contribution in [0.5, 0.6) is 0 Å². The maximum Gasteiger partial charge on any atom is 0.315 e. The van der Waals surface area contributed by atoms with Gasteiger partial charge >= 0.3 is 5.97 Å². The molecule has 1 aliphatic heterocycles. The number of hydrogen-bond donors (Lipinski definition) is 3. The lowest BCUT2D eigenvalue weighted by Gasteiger charge is -2.51. The highest BCUT2D eigenvalue weighted by Crippen LogP contribution is 2.55. The fourth-order valence-electron chi connectivity index (χ4n) is 5.23. The lowest BCUT2D eigenvalue weighted by Crippen LogP contribution is -3.06. The number of nitrogens with two attached hydrogens (primary N) is 1. The molecule has 0 bridgehead atoms. The molecule has 6 atom stereocenters. The lowest BCUT2D eigenvalue weighted by molar-refractivity contribution is -0.860. The topological polar surface area (TPSA) is 67.6 Å². The van der Waals surface area contributed by atoms with Crippen molar-refractivity contribution >= 4 is 5.97 Å². The Balaban J connectivity index is 1.68. The number of aliphatic hydroxyl groups is 1. The summed E-state index contributed by atoms with van der Waals surface area (Å²) in [5.41, 5.74) is 1.12. The highest BCUT2D eigenvalue weighted by molar-refractivity contribution is 5.76. The molecule has 5 heteroatoms. The van der Waals surface area contributed by atoms with Crippen LogP contribution < -0.4 is 10.2 Å². The number of rotatable bonds is 6. The van der Waals surface area contributed by atoms with Gasteiger partial charge in [-0.25, -0.2) is 0 Å². The second-order valence-electron chi connectivity index (χ2n) is 8.92. The van der Waals surface area contributed by atoms with Crippen molar-refractivity contribution in [2.24, 2.45) is 23.2 Å². The average Bonchev–Trinajstić information content (AvgIpc) is 2.86. The minimum absolute atomic E-state index is 0.0501. The van der Waals surface area contributed by atoms with Crippen LogP contribution in [0, 0.1) is 23.2 Å². The van der Waals surface area contributed by atoms with Gasteiger partial charge in [-0.2, -0.15) is 0 Å². The Morgan fingerprint density at radius 3 is 2.92 bits per heavy atom. The third kappa shape index (κ3) is 3.38. The van der Waals surface area contributed by atoms with Crippen LogP contribution in [0.1, 0.15) is 39.5 Å². The smallest absolute Gasteiger partial charge is 0.315 e. The second kappa shape index (κ2) is 7.37. The summed E-state index contributed by atoms with van der Waals surface area (Å²) in [5, 5.41) is 13.5. The highest BCUT2D eigenvalue weighted by Gasteiger charge is 2.60. The van der Waals surface area contributed by atoms with Crippen LogP contribution in [-0.4, -0.2) is 57.0 Å². The number of nitrogens with one attached hydrogen (secondary N) is 1. The molecule has 5 nitrogen and oxygen atoms in total. The van der Waals surface area contributed by atoms with Crippen LogP contribution >= 0.6 is 0 Å². The minimum atomic E-state index is -0.483. The first-order valence-electron chi connectivity index (χ1n) is 10.0. The predicted octanol–water partition coefficient (Wildman–Crippen LogP) is -0.631. The normalized spacial score (nSPS) is 40.5. The number of fused-ring (bicyclic) bond motifs is 2. The highest BCUT2D eigenvalue weighted by atomic mass is 16.6. The van der Waals surface area contributed by atoms with E-state index in [1.54, 1.807) is 0 Å². The van der Waals surface area contributed by atoms with E-state index in [-0.39, 0.29) is 29.3 Å². The monoisotopic (exact) mass is 352 g/mol. The van der Waals surface area contributed by atoms with Gasteiger partial charge in [0.2, 0.25) is 0 Å². The molecule has 0 spiro atoms. The number of quaternary nitrogens is 2. The molecule has 4 N–H and O–H groups in total. The van der Waals surface area contributed by atoms with Crippen LogP contribution in [0.3, 0.4) is 0 Å². The molecule has 3 rings (SSSR count). The predicted molar refractivity (Wildman–Crippen MR) is 96.0 cm³/mol. The van der Waals surface area contributed by atoms with Gasteiger partial charge in [-0.3, -0.25) is 4.79 Å². The van der Waals surface area contributed by atoms with Gasteiger partial charge in [-0.15, -0.1) is 0 Å². The molecule has 0 aromatic rings. The Bertz CT molecular complexity index is 533. The summed E-state index contributed by atoms with van der Waals surface area (Å²) >= 11 is 0. The van der Waals surface area contributed by atoms with E-state index in [2.05, 4.69) is 39.3 Å². The number of esters is 1. The summed E-state index contributed by atoms with van der Waals surface area (Å²) in [6.45, 7) is 7.36. The minimum Gasteiger partial charge on any atom is -0.461 e. The molecule has 142 valence electrons. The third-order valence-corrected chi connectivity index (χ3v) is 7.08. The second-order valence-corrected chi connectivity index (χ2v) is 8.92. The Kier molecular flexibility index (Phi) is 5.57. The number of carbonyl (C=O) groups is 1. The molecule has 1 heterocycles. The van der Waals surface area contributed by atoms with Crippen molar-refractivity contribution in [3.8, 4) is 0 Å². The van der Waals surface area contributed by atoms with E-state index >= 15 is 0 Å². The molecule has 3 aliphatic rings. The molecule has 0 radical (unpaired) electrons. The summed E-state index contributed by atoms with van der Waals surface area (Å²) < 4.78 is 5.71. The quantitative estimate of drug-likeness (QED) is 0.339. The van der Waals surface area contributed by atoms with Crippen LogP contribution in [0.4, 0.5) is 0 Å². The van der Waals surface area contributed by atoms with E-state index in [0.717, 1.165) is 45.3 Å². The molecule has 2 aliphatic carbocycles. The van der Waals surface area contributed by atoms with Gasteiger partial charge in [0.25, 0.3) is 0 Å². The van der Waals surface area contributed by atoms with Crippen molar-refractivity contribution in [1.29, 1.82) is 0 Å².